The average molecular weight is 436 g/mol. The molecule has 0 spiro atoms. The van der Waals surface area contributed by atoms with E-state index in [4.69, 9.17) is 6.42 Å². The summed E-state index contributed by atoms with van der Waals surface area (Å²) < 4.78 is 2.93. The summed E-state index contributed by atoms with van der Waals surface area (Å²) in [7, 11) is 0. The number of carbonyl (C=O) groups is 2. The Morgan fingerprint density at radius 3 is 2.90 bits per heavy atom. The molecular weight excluding hydrogens is 414 g/mol. The number of aromatic nitrogens is 1. The number of anilines is 1. The van der Waals surface area contributed by atoms with Crippen molar-refractivity contribution >= 4 is 50.8 Å². The number of benzene rings is 2. The summed E-state index contributed by atoms with van der Waals surface area (Å²) in [6, 6.07) is 14.0. The minimum Gasteiger partial charge on any atom is -0.311 e. The van der Waals surface area contributed by atoms with Crippen LogP contribution in [0.3, 0.4) is 0 Å². The molecule has 0 fully saturated rings. The number of hydrogen-bond acceptors (Lipinski definition) is 4. The topological polar surface area (TPSA) is 54.7 Å². The number of nitrogens with zero attached hydrogens (tertiary/aromatic N) is 3. The molecule has 0 N–H and O–H groups in total. The molecule has 30 heavy (non-hydrogen) atoms. The number of fused-ring (bicyclic) bond motifs is 2. The largest absolute Gasteiger partial charge is 0.311 e. The fourth-order valence-corrected chi connectivity index (χ4v) is 5.37. The molecule has 1 aliphatic heterocycles. The van der Waals surface area contributed by atoms with Crippen molar-refractivity contribution in [2.45, 2.75) is 19.9 Å². The van der Waals surface area contributed by atoms with E-state index >= 15 is 0 Å². The molecule has 2 heterocycles. The smallest absolute Gasteiger partial charge is 0.258 e. The van der Waals surface area contributed by atoms with Crippen LogP contribution in [0.4, 0.5) is 5.69 Å². The molecule has 0 saturated carbocycles. The SMILES string of the molecule is C#CCn1c(=NC(=O)CSCC(=O)N2CCc3ccccc32)sc2cc(C)ccc21. The van der Waals surface area contributed by atoms with Gasteiger partial charge in [0.05, 0.1) is 28.3 Å². The third-order valence-corrected chi connectivity index (χ3v) is 6.89. The minimum absolute atomic E-state index is 0.0254. The van der Waals surface area contributed by atoms with E-state index in [9.17, 15) is 9.59 Å². The van der Waals surface area contributed by atoms with Crippen molar-refractivity contribution < 1.29 is 9.59 Å². The molecule has 0 aliphatic carbocycles. The lowest BCUT2D eigenvalue weighted by Gasteiger charge is -2.16. The quantitative estimate of drug-likeness (QED) is 0.577. The van der Waals surface area contributed by atoms with Crippen LogP contribution < -0.4 is 9.70 Å². The van der Waals surface area contributed by atoms with Gasteiger partial charge in [-0.15, -0.1) is 18.2 Å². The van der Waals surface area contributed by atoms with Crippen LogP contribution >= 0.6 is 23.1 Å². The lowest BCUT2D eigenvalue weighted by atomic mass is 10.2. The number of rotatable bonds is 5. The van der Waals surface area contributed by atoms with Gasteiger partial charge in [0.1, 0.15) is 0 Å². The maximum atomic E-state index is 12.6. The molecule has 0 bridgehead atoms. The van der Waals surface area contributed by atoms with Gasteiger partial charge in [-0.1, -0.05) is 41.5 Å². The minimum atomic E-state index is -0.260. The lowest BCUT2D eigenvalue weighted by molar-refractivity contribution is -0.116. The zero-order valence-electron chi connectivity index (χ0n) is 16.6. The molecular formula is C23H21N3O2S2. The van der Waals surface area contributed by atoms with Crippen molar-refractivity contribution in [1.82, 2.24) is 4.57 Å². The molecule has 2 aromatic carbocycles. The van der Waals surface area contributed by atoms with E-state index in [2.05, 4.69) is 23.0 Å². The van der Waals surface area contributed by atoms with E-state index in [1.807, 2.05) is 41.8 Å². The van der Waals surface area contributed by atoms with E-state index < -0.39 is 0 Å². The third kappa shape index (κ3) is 4.20. The molecule has 4 rings (SSSR count). The normalized spacial score (nSPS) is 13.5. The van der Waals surface area contributed by atoms with Gasteiger partial charge in [0, 0.05) is 12.2 Å². The molecule has 0 unspecified atom stereocenters. The van der Waals surface area contributed by atoms with Crippen molar-refractivity contribution in [2.75, 3.05) is 23.0 Å². The zero-order valence-corrected chi connectivity index (χ0v) is 18.3. The average Bonchev–Trinajstić information content (AvgIpc) is 3.29. The Kier molecular flexibility index (Phi) is 6.07. The Morgan fingerprint density at radius 2 is 2.07 bits per heavy atom. The second-order valence-corrected chi connectivity index (χ2v) is 9.06. The van der Waals surface area contributed by atoms with Gasteiger partial charge in [-0.25, -0.2) is 0 Å². The zero-order chi connectivity index (χ0) is 21.1. The van der Waals surface area contributed by atoms with E-state index in [1.54, 1.807) is 4.90 Å². The van der Waals surface area contributed by atoms with Crippen molar-refractivity contribution in [3.63, 3.8) is 0 Å². The predicted octanol–water partition coefficient (Wildman–Crippen LogP) is 3.39. The molecule has 7 heteroatoms. The lowest BCUT2D eigenvalue weighted by Crippen LogP contribution is -2.30. The van der Waals surface area contributed by atoms with Crippen molar-refractivity contribution in [3.05, 3.63) is 58.4 Å². The van der Waals surface area contributed by atoms with E-state index in [-0.39, 0.29) is 23.3 Å². The van der Waals surface area contributed by atoms with Gasteiger partial charge in [-0.3, -0.25) is 9.59 Å². The summed E-state index contributed by atoms with van der Waals surface area (Å²) in [5, 5.41) is 0. The van der Waals surface area contributed by atoms with E-state index in [0.29, 0.717) is 17.9 Å². The van der Waals surface area contributed by atoms with Crippen molar-refractivity contribution in [1.29, 1.82) is 0 Å². The van der Waals surface area contributed by atoms with E-state index in [0.717, 1.165) is 27.9 Å². The summed E-state index contributed by atoms with van der Waals surface area (Å²) in [4.78, 5) is 31.7. The summed E-state index contributed by atoms with van der Waals surface area (Å²) in [5.41, 5.74) is 4.30. The van der Waals surface area contributed by atoms with Gasteiger partial charge in [0.15, 0.2) is 4.80 Å². The number of aryl methyl sites for hydroxylation is 1. The highest BCUT2D eigenvalue weighted by Crippen LogP contribution is 2.28. The summed E-state index contributed by atoms with van der Waals surface area (Å²) in [5.74, 6) is 2.81. The van der Waals surface area contributed by atoms with Gasteiger partial charge in [0.2, 0.25) is 5.91 Å². The third-order valence-electron chi connectivity index (χ3n) is 4.95. The van der Waals surface area contributed by atoms with Crippen LogP contribution in [0.15, 0.2) is 47.5 Å². The maximum absolute atomic E-state index is 12.6. The summed E-state index contributed by atoms with van der Waals surface area (Å²) in [6.07, 6.45) is 6.38. The fourth-order valence-electron chi connectivity index (χ4n) is 3.55. The van der Waals surface area contributed by atoms with Crippen molar-refractivity contribution in [2.24, 2.45) is 4.99 Å². The van der Waals surface area contributed by atoms with Gasteiger partial charge in [0.25, 0.3) is 5.91 Å². The number of thioether (sulfide) groups is 1. The first kappa shape index (κ1) is 20.5. The Balaban J connectivity index is 1.43. The van der Waals surface area contributed by atoms with E-state index in [1.165, 1.54) is 28.7 Å². The second kappa shape index (κ2) is 8.90. The number of thiazole rings is 1. The molecule has 0 radical (unpaired) electrons. The standard InChI is InChI=1S/C23H21N3O2S2/c1-3-11-26-19-9-8-16(2)13-20(19)30-23(26)24-21(27)14-29-15-22(28)25-12-10-17-6-4-5-7-18(17)25/h1,4-9,13H,10-12,14-15H2,2H3. The number of hydrogen-bond donors (Lipinski definition) is 0. The Morgan fingerprint density at radius 1 is 1.23 bits per heavy atom. The molecule has 0 saturated heterocycles. The Hall–Kier alpha value is -2.82. The summed E-state index contributed by atoms with van der Waals surface area (Å²) in [6.45, 7) is 3.08. The van der Waals surface area contributed by atoms with Crippen LogP contribution in [0.1, 0.15) is 11.1 Å². The first-order chi connectivity index (χ1) is 14.6. The highest BCUT2D eigenvalue weighted by molar-refractivity contribution is 8.00. The second-order valence-electron chi connectivity index (χ2n) is 7.07. The molecule has 5 nitrogen and oxygen atoms in total. The van der Waals surface area contributed by atoms with Crippen LogP contribution in [0.5, 0.6) is 0 Å². The Bertz CT molecular complexity index is 1230. The highest BCUT2D eigenvalue weighted by atomic mass is 32.2. The first-order valence-corrected chi connectivity index (χ1v) is 11.6. The molecule has 1 aromatic heterocycles. The molecule has 2 amide bonds. The predicted molar refractivity (Wildman–Crippen MR) is 124 cm³/mol. The van der Waals surface area contributed by atoms with Gasteiger partial charge < -0.3 is 9.47 Å². The summed E-state index contributed by atoms with van der Waals surface area (Å²) >= 11 is 2.75. The van der Waals surface area contributed by atoms with Crippen LogP contribution in [0, 0.1) is 19.3 Å². The molecule has 152 valence electrons. The van der Waals surface area contributed by atoms with Crippen molar-refractivity contribution in [3.8, 4) is 12.3 Å². The molecule has 0 atom stereocenters. The maximum Gasteiger partial charge on any atom is 0.258 e. The van der Waals surface area contributed by atoms with Gasteiger partial charge in [-0.2, -0.15) is 4.99 Å². The van der Waals surface area contributed by atoms with Crippen LogP contribution in [-0.2, 0) is 22.6 Å². The first-order valence-electron chi connectivity index (χ1n) is 9.64. The van der Waals surface area contributed by atoms with Gasteiger partial charge >= 0.3 is 0 Å². The van der Waals surface area contributed by atoms with Crippen LogP contribution in [-0.4, -0.2) is 34.4 Å². The number of carbonyl (C=O) groups excluding carboxylic acids is 2. The Labute approximate surface area is 183 Å². The number of para-hydroxylation sites is 1. The fraction of sp³-hybridized carbons (Fsp3) is 0.261. The monoisotopic (exact) mass is 435 g/mol. The number of amides is 2. The molecule has 3 aromatic rings. The van der Waals surface area contributed by atoms with Crippen LogP contribution in [0.25, 0.3) is 10.2 Å². The molecule has 1 aliphatic rings. The highest BCUT2D eigenvalue weighted by Gasteiger charge is 2.23. The number of terminal acetylenes is 1. The van der Waals surface area contributed by atoms with Crippen LogP contribution in [0.2, 0.25) is 0 Å². The van der Waals surface area contributed by atoms with Gasteiger partial charge in [-0.05, 0) is 42.7 Å².